The quantitative estimate of drug-likeness (QED) is 0.531. The van der Waals surface area contributed by atoms with E-state index in [1.807, 2.05) is 0 Å². The predicted octanol–water partition coefficient (Wildman–Crippen LogP) is 3.61. The van der Waals surface area contributed by atoms with E-state index in [1.165, 1.54) is 10.5 Å². The Balaban J connectivity index is 1.72. The second-order valence-corrected chi connectivity index (χ2v) is 8.27. The first-order valence-corrected chi connectivity index (χ1v) is 10.3. The molecule has 1 N–H and O–H groups in total. The van der Waals surface area contributed by atoms with Crippen molar-refractivity contribution in [2.75, 3.05) is 0 Å². The van der Waals surface area contributed by atoms with E-state index in [-0.39, 0.29) is 23.6 Å². The molecule has 30 heavy (non-hydrogen) atoms. The van der Waals surface area contributed by atoms with Crippen molar-refractivity contribution >= 4 is 45.1 Å². The molecular formula is C21H19BrClN3O4. The second kappa shape index (κ2) is 9.40. The lowest BCUT2D eigenvalue weighted by atomic mass is 10.0. The average Bonchev–Trinajstić information content (AvgIpc) is 2.70. The largest absolute Gasteiger partial charge is 0.458 e. The lowest BCUT2D eigenvalue weighted by Gasteiger charge is -2.21. The maximum Gasteiger partial charge on any atom is 0.329 e. The lowest BCUT2D eigenvalue weighted by molar-refractivity contribution is -0.148. The molecular weight excluding hydrogens is 474 g/mol. The molecule has 1 amide bonds. The van der Waals surface area contributed by atoms with Gasteiger partial charge in [-0.2, -0.15) is 0 Å². The van der Waals surface area contributed by atoms with Crippen molar-refractivity contribution in [1.29, 1.82) is 0 Å². The summed E-state index contributed by atoms with van der Waals surface area (Å²) in [7, 11) is 0. The van der Waals surface area contributed by atoms with E-state index in [2.05, 4.69) is 26.2 Å². The van der Waals surface area contributed by atoms with Gasteiger partial charge >= 0.3 is 5.97 Å². The molecule has 0 saturated carbocycles. The third kappa shape index (κ3) is 5.06. The molecule has 0 aliphatic carbocycles. The van der Waals surface area contributed by atoms with Crippen LogP contribution in [0.3, 0.4) is 0 Å². The minimum atomic E-state index is -0.883. The Morgan fingerprint density at radius 1 is 1.23 bits per heavy atom. The van der Waals surface area contributed by atoms with E-state index < -0.39 is 17.9 Å². The fourth-order valence-corrected chi connectivity index (χ4v) is 3.36. The number of carbonyl (C=O) groups excluding carboxylic acids is 2. The van der Waals surface area contributed by atoms with Crippen molar-refractivity contribution in [1.82, 2.24) is 14.7 Å². The van der Waals surface area contributed by atoms with Gasteiger partial charge in [0, 0.05) is 16.7 Å². The highest BCUT2D eigenvalue weighted by atomic mass is 79.9. The van der Waals surface area contributed by atoms with E-state index in [4.69, 9.17) is 16.3 Å². The fraction of sp³-hybridized carbons (Fsp3) is 0.238. The maximum atomic E-state index is 12.6. The van der Waals surface area contributed by atoms with Gasteiger partial charge in [-0.05, 0) is 46.1 Å². The number of aromatic nitrogens is 2. The number of nitrogens with zero attached hydrogens (tertiary/aromatic N) is 2. The molecule has 2 aromatic heterocycles. The maximum absolute atomic E-state index is 12.6. The Kier molecular flexibility index (Phi) is 6.89. The minimum absolute atomic E-state index is 0.189. The van der Waals surface area contributed by atoms with Crippen molar-refractivity contribution < 1.29 is 14.3 Å². The Hall–Kier alpha value is -2.71. The molecule has 0 fully saturated rings. The zero-order valence-electron chi connectivity index (χ0n) is 16.3. The van der Waals surface area contributed by atoms with E-state index in [0.717, 1.165) is 4.47 Å². The standard InChI is InChI=1S/C21H19BrClN3O4/c1-12(2)19(25-20(28)15-5-3-4-6-16(15)23)21(29)30-11-14-9-18(27)26-10-13(22)7-8-17(26)24-14/h3-10,12,19H,11H2,1-2H3,(H,25,28)/t19-/m1/s1. The van der Waals surface area contributed by atoms with Gasteiger partial charge < -0.3 is 10.1 Å². The van der Waals surface area contributed by atoms with Crippen molar-refractivity contribution in [3.8, 4) is 0 Å². The van der Waals surface area contributed by atoms with Crippen LogP contribution in [0.4, 0.5) is 0 Å². The van der Waals surface area contributed by atoms with Crippen LogP contribution in [0.5, 0.6) is 0 Å². The Labute approximate surface area is 186 Å². The first kappa shape index (κ1) is 22.0. The number of carbonyl (C=O) groups is 2. The smallest absolute Gasteiger partial charge is 0.329 e. The van der Waals surface area contributed by atoms with E-state index in [9.17, 15) is 14.4 Å². The normalized spacial score (nSPS) is 12.0. The number of nitrogens with one attached hydrogen (secondary N) is 1. The number of amides is 1. The number of hydrogen-bond donors (Lipinski definition) is 1. The number of esters is 1. The summed E-state index contributed by atoms with van der Waals surface area (Å²) >= 11 is 9.36. The lowest BCUT2D eigenvalue weighted by Crippen LogP contribution is -2.45. The summed E-state index contributed by atoms with van der Waals surface area (Å²) in [6, 6.07) is 10.4. The molecule has 1 atom stereocenters. The third-order valence-electron chi connectivity index (χ3n) is 4.36. The molecule has 7 nitrogen and oxygen atoms in total. The number of fused-ring (bicyclic) bond motifs is 1. The van der Waals surface area contributed by atoms with Crippen molar-refractivity contribution in [2.24, 2.45) is 5.92 Å². The first-order chi connectivity index (χ1) is 14.3. The molecule has 0 aliphatic rings. The van der Waals surface area contributed by atoms with Crippen molar-refractivity contribution in [3.63, 3.8) is 0 Å². The molecule has 0 aliphatic heterocycles. The summed E-state index contributed by atoms with van der Waals surface area (Å²) in [5.74, 6) is -1.32. The van der Waals surface area contributed by atoms with Crippen molar-refractivity contribution in [2.45, 2.75) is 26.5 Å². The molecule has 0 saturated heterocycles. The third-order valence-corrected chi connectivity index (χ3v) is 5.16. The average molecular weight is 493 g/mol. The number of pyridine rings is 1. The molecule has 0 unspecified atom stereocenters. The van der Waals surface area contributed by atoms with Crippen LogP contribution < -0.4 is 10.9 Å². The van der Waals surface area contributed by atoms with Crippen LogP contribution >= 0.6 is 27.5 Å². The summed E-state index contributed by atoms with van der Waals surface area (Å²) < 4.78 is 7.47. The summed E-state index contributed by atoms with van der Waals surface area (Å²) in [6.45, 7) is 3.39. The van der Waals surface area contributed by atoms with E-state index in [1.54, 1.807) is 56.4 Å². The van der Waals surface area contributed by atoms with Gasteiger partial charge in [0.1, 0.15) is 18.3 Å². The first-order valence-electron chi connectivity index (χ1n) is 9.16. The minimum Gasteiger partial charge on any atom is -0.458 e. The molecule has 0 radical (unpaired) electrons. The Morgan fingerprint density at radius 3 is 2.67 bits per heavy atom. The molecule has 1 aromatic carbocycles. The zero-order valence-corrected chi connectivity index (χ0v) is 18.6. The number of hydrogen-bond acceptors (Lipinski definition) is 5. The second-order valence-electron chi connectivity index (χ2n) is 6.94. The summed E-state index contributed by atoms with van der Waals surface area (Å²) in [5, 5.41) is 2.96. The van der Waals surface area contributed by atoms with Crippen LogP contribution in [0.25, 0.3) is 5.65 Å². The van der Waals surface area contributed by atoms with Gasteiger partial charge in [0.15, 0.2) is 0 Å². The molecule has 9 heteroatoms. The molecule has 3 rings (SSSR count). The summed E-state index contributed by atoms with van der Waals surface area (Å²) in [4.78, 5) is 41.7. The Morgan fingerprint density at radius 2 is 1.97 bits per heavy atom. The van der Waals surface area contributed by atoms with Gasteiger partial charge in [0.25, 0.3) is 11.5 Å². The molecule has 0 spiro atoms. The van der Waals surface area contributed by atoms with Gasteiger partial charge in [0.05, 0.1) is 16.3 Å². The molecule has 2 heterocycles. The molecule has 0 bridgehead atoms. The SMILES string of the molecule is CC(C)[C@@H](NC(=O)c1ccccc1Cl)C(=O)OCc1cc(=O)n2cc(Br)ccc2n1. The molecule has 3 aromatic rings. The van der Waals surface area contributed by atoms with Crippen LogP contribution in [0.15, 0.2) is 57.9 Å². The van der Waals surface area contributed by atoms with E-state index >= 15 is 0 Å². The van der Waals surface area contributed by atoms with E-state index in [0.29, 0.717) is 16.4 Å². The van der Waals surface area contributed by atoms with Crippen LogP contribution in [0.2, 0.25) is 5.02 Å². The predicted molar refractivity (Wildman–Crippen MR) is 117 cm³/mol. The number of rotatable bonds is 6. The van der Waals surface area contributed by atoms with Gasteiger partial charge in [-0.3, -0.25) is 14.0 Å². The van der Waals surface area contributed by atoms with Crippen LogP contribution in [-0.2, 0) is 16.1 Å². The fourth-order valence-electron chi connectivity index (χ4n) is 2.80. The summed E-state index contributed by atoms with van der Waals surface area (Å²) in [6.07, 6.45) is 1.61. The van der Waals surface area contributed by atoms with Crippen LogP contribution in [-0.4, -0.2) is 27.3 Å². The van der Waals surface area contributed by atoms with Crippen LogP contribution in [0, 0.1) is 5.92 Å². The highest BCUT2D eigenvalue weighted by Crippen LogP contribution is 2.16. The highest BCUT2D eigenvalue weighted by Gasteiger charge is 2.27. The summed E-state index contributed by atoms with van der Waals surface area (Å²) in [5.41, 5.74) is 0.729. The Bertz CT molecular complexity index is 1160. The molecule has 156 valence electrons. The monoisotopic (exact) mass is 491 g/mol. The number of halogens is 2. The van der Waals surface area contributed by atoms with Crippen LogP contribution in [0.1, 0.15) is 29.9 Å². The zero-order chi connectivity index (χ0) is 21.8. The highest BCUT2D eigenvalue weighted by molar-refractivity contribution is 9.10. The van der Waals surface area contributed by atoms with Gasteiger partial charge in [-0.1, -0.05) is 37.6 Å². The topological polar surface area (TPSA) is 89.8 Å². The number of ether oxygens (including phenoxy) is 1. The van der Waals surface area contributed by atoms with Gasteiger partial charge in [-0.15, -0.1) is 0 Å². The van der Waals surface area contributed by atoms with Crippen molar-refractivity contribution in [3.05, 3.63) is 79.8 Å². The van der Waals surface area contributed by atoms with Gasteiger partial charge in [0.2, 0.25) is 0 Å². The van der Waals surface area contributed by atoms with Gasteiger partial charge in [-0.25, -0.2) is 9.78 Å². The number of benzene rings is 1.